The Hall–Kier alpha value is -2.81. The summed E-state index contributed by atoms with van der Waals surface area (Å²) in [4.78, 5) is 14.0. The van der Waals surface area contributed by atoms with Crippen molar-refractivity contribution in [2.24, 2.45) is 0 Å². The summed E-state index contributed by atoms with van der Waals surface area (Å²) < 4.78 is 7.78. The van der Waals surface area contributed by atoms with Crippen molar-refractivity contribution in [3.8, 4) is 0 Å². The summed E-state index contributed by atoms with van der Waals surface area (Å²) in [6.07, 6.45) is 6.88. The van der Waals surface area contributed by atoms with E-state index in [0.717, 1.165) is 68.9 Å². The molecule has 0 radical (unpaired) electrons. The molecule has 2 aliphatic heterocycles. The predicted molar refractivity (Wildman–Crippen MR) is 132 cm³/mol. The highest BCUT2D eigenvalue weighted by molar-refractivity contribution is 7.80. The minimum Gasteiger partial charge on any atom is -0.379 e. The van der Waals surface area contributed by atoms with E-state index in [-0.39, 0.29) is 12.1 Å². The number of aromatic nitrogens is 3. The first kappa shape index (κ1) is 22.0. The third-order valence-corrected chi connectivity index (χ3v) is 6.75. The highest BCUT2D eigenvalue weighted by Gasteiger charge is 2.40. The first-order valence-electron chi connectivity index (χ1n) is 11.6. The van der Waals surface area contributed by atoms with Crippen LogP contribution in [-0.2, 0) is 11.3 Å². The molecule has 2 unspecified atom stereocenters. The standard InChI is InChI=1S/C25H30N6OS/c33-25-28-23(21-8-2-4-11-27-21)24(31(25)14-6-12-29-15-17-32-18-16-29)22-9-5-13-30(22)19-20-7-1-3-10-26-20/h1-5,7-11,13,23-24H,6,12,14-19H2,(H,28,33). The quantitative estimate of drug-likeness (QED) is 0.517. The molecule has 0 saturated carbocycles. The van der Waals surface area contributed by atoms with Gasteiger partial charge in [0.05, 0.1) is 43.2 Å². The fraction of sp³-hybridized carbons (Fsp3) is 0.400. The van der Waals surface area contributed by atoms with Crippen LogP contribution in [0.2, 0.25) is 0 Å². The first-order valence-corrected chi connectivity index (χ1v) is 12.0. The van der Waals surface area contributed by atoms with Crippen LogP contribution < -0.4 is 5.32 Å². The van der Waals surface area contributed by atoms with Crippen molar-refractivity contribution in [2.75, 3.05) is 39.4 Å². The lowest BCUT2D eigenvalue weighted by Crippen LogP contribution is -2.39. The maximum absolute atomic E-state index is 5.84. The molecule has 1 N–H and O–H groups in total. The molecule has 3 aromatic heterocycles. The predicted octanol–water partition coefficient (Wildman–Crippen LogP) is 3.02. The SMILES string of the molecule is S=C1NC(c2ccccn2)C(c2cccn2Cc2ccccn2)N1CCCN1CCOCC1. The van der Waals surface area contributed by atoms with Crippen LogP contribution in [0.1, 0.15) is 35.6 Å². The number of morpholine rings is 1. The third-order valence-electron chi connectivity index (χ3n) is 6.40. The van der Waals surface area contributed by atoms with E-state index in [0.29, 0.717) is 0 Å². The summed E-state index contributed by atoms with van der Waals surface area (Å²) in [5.41, 5.74) is 3.26. The van der Waals surface area contributed by atoms with Crippen LogP contribution in [-0.4, -0.2) is 68.8 Å². The zero-order valence-corrected chi connectivity index (χ0v) is 19.5. The Kier molecular flexibility index (Phi) is 6.95. The number of hydrogen-bond donors (Lipinski definition) is 1. The number of hydrogen-bond acceptors (Lipinski definition) is 5. The summed E-state index contributed by atoms with van der Waals surface area (Å²) >= 11 is 5.84. The van der Waals surface area contributed by atoms with Gasteiger partial charge >= 0.3 is 0 Å². The normalized spacial score (nSPS) is 21.3. The molecule has 0 spiro atoms. The maximum atomic E-state index is 5.84. The number of nitrogens with one attached hydrogen (secondary N) is 1. The van der Waals surface area contributed by atoms with Crippen LogP contribution in [0, 0.1) is 0 Å². The van der Waals surface area contributed by atoms with Crippen LogP contribution >= 0.6 is 12.2 Å². The molecule has 2 saturated heterocycles. The second-order valence-electron chi connectivity index (χ2n) is 8.51. The lowest BCUT2D eigenvalue weighted by Gasteiger charge is -2.31. The molecule has 8 heteroatoms. The Bertz CT molecular complexity index is 1040. The van der Waals surface area contributed by atoms with Crippen LogP contribution in [0.5, 0.6) is 0 Å². The van der Waals surface area contributed by atoms with Crippen molar-refractivity contribution in [1.29, 1.82) is 0 Å². The van der Waals surface area contributed by atoms with E-state index in [4.69, 9.17) is 17.0 Å². The number of pyridine rings is 2. The topological polar surface area (TPSA) is 58.5 Å². The van der Waals surface area contributed by atoms with Gasteiger partial charge in [0.25, 0.3) is 0 Å². The molecule has 172 valence electrons. The molecular weight excluding hydrogens is 432 g/mol. The number of rotatable bonds is 8. The second-order valence-corrected chi connectivity index (χ2v) is 8.90. The molecule has 2 atom stereocenters. The van der Waals surface area contributed by atoms with Gasteiger partial charge in [0.15, 0.2) is 5.11 Å². The van der Waals surface area contributed by atoms with Gasteiger partial charge in [-0.1, -0.05) is 12.1 Å². The zero-order valence-electron chi connectivity index (χ0n) is 18.7. The van der Waals surface area contributed by atoms with Gasteiger partial charge in [-0.3, -0.25) is 14.9 Å². The van der Waals surface area contributed by atoms with Gasteiger partial charge in [0.1, 0.15) is 0 Å². The van der Waals surface area contributed by atoms with Crippen molar-refractivity contribution in [3.63, 3.8) is 0 Å². The lowest BCUT2D eigenvalue weighted by atomic mass is 10.0. The van der Waals surface area contributed by atoms with Gasteiger partial charge in [-0.15, -0.1) is 0 Å². The van der Waals surface area contributed by atoms with Crippen LogP contribution in [0.15, 0.2) is 67.1 Å². The minimum absolute atomic E-state index is 0.000491. The molecular formula is C25H30N6OS. The van der Waals surface area contributed by atoms with Gasteiger partial charge in [-0.25, -0.2) is 0 Å². The van der Waals surface area contributed by atoms with Crippen molar-refractivity contribution in [2.45, 2.75) is 25.0 Å². The second kappa shape index (κ2) is 10.4. The van der Waals surface area contributed by atoms with E-state index in [2.05, 4.69) is 60.1 Å². The third kappa shape index (κ3) is 5.08. The Morgan fingerprint density at radius 3 is 2.55 bits per heavy atom. The summed E-state index contributed by atoms with van der Waals surface area (Å²) in [5.74, 6) is 0. The zero-order chi connectivity index (χ0) is 22.5. The number of nitrogens with zero attached hydrogens (tertiary/aromatic N) is 5. The van der Waals surface area contributed by atoms with Crippen LogP contribution in [0.3, 0.4) is 0 Å². The molecule has 0 amide bonds. The van der Waals surface area contributed by atoms with Crippen LogP contribution in [0.25, 0.3) is 0 Å². The highest BCUT2D eigenvalue weighted by Crippen LogP contribution is 2.38. The number of thiocarbonyl (C=S) groups is 1. The summed E-state index contributed by atoms with van der Waals surface area (Å²) in [7, 11) is 0. The summed E-state index contributed by atoms with van der Waals surface area (Å²) in [6, 6.07) is 16.5. The molecule has 3 aromatic rings. The highest BCUT2D eigenvalue weighted by atomic mass is 32.1. The van der Waals surface area contributed by atoms with Gasteiger partial charge < -0.3 is 19.5 Å². The van der Waals surface area contributed by atoms with E-state index in [9.17, 15) is 0 Å². The van der Waals surface area contributed by atoms with Crippen molar-refractivity contribution >= 4 is 17.3 Å². The summed E-state index contributed by atoms with van der Waals surface area (Å²) in [6.45, 7) is 6.35. The fourth-order valence-electron chi connectivity index (χ4n) is 4.76. The van der Waals surface area contributed by atoms with Gasteiger partial charge in [-0.05, 0) is 55.0 Å². The molecule has 0 aromatic carbocycles. The van der Waals surface area contributed by atoms with Crippen LogP contribution in [0.4, 0.5) is 0 Å². The smallest absolute Gasteiger partial charge is 0.170 e. The average Bonchev–Trinajstić information content (AvgIpc) is 3.44. The monoisotopic (exact) mass is 462 g/mol. The van der Waals surface area contributed by atoms with Crippen molar-refractivity contribution < 1.29 is 4.74 Å². The van der Waals surface area contributed by atoms with E-state index in [1.54, 1.807) is 0 Å². The van der Waals surface area contributed by atoms with Crippen molar-refractivity contribution in [1.82, 2.24) is 29.7 Å². The van der Waals surface area contributed by atoms with E-state index < -0.39 is 0 Å². The Morgan fingerprint density at radius 1 is 0.970 bits per heavy atom. The van der Waals surface area contributed by atoms with E-state index in [1.807, 2.05) is 36.7 Å². The molecule has 5 rings (SSSR count). The van der Waals surface area contributed by atoms with E-state index >= 15 is 0 Å². The lowest BCUT2D eigenvalue weighted by molar-refractivity contribution is 0.0365. The average molecular weight is 463 g/mol. The minimum atomic E-state index is -0.000491. The van der Waals surface area contributed by atoms with Crippen molar-refractivity contribution in [3.05, 3.63) is 84.2 Å². The Balaban J connectivity index is 1.39. The number of ether oxygens (including phenoxy) is 1. The largest absolute Gasteiger partial charge is 0.379 e. The van der Waals surface area contributed by atoms with Gasteiger partial charge in [-0.2, -0.15) is 0 Å². The molecule has 0 aliphatic carbocycles. The Labute approximate surface area is 200 Å². The van der Waals surface area contributed by atoms with E-state index in [1.165, 1.54) is 5.69 Å². The fourth-order valence-corrected chi connectivity index (χ4v) is 5.10. The maximum Gasteiger partial charge on any atom is 0.170 e. The molecule has 2 fully saturated rings. The summed E-state index contributed by atoms with van der Waals surface area (Å²) in [5, 5.41) is 4.37. The molecule has 33 heavy (non-hydrogen) atoms. The first-order chi connectivity index (χ1) is 16.3. The molecule has 5 heterocycles. The molecule has 2 aliphatic rings. The Morgan fingerprint density at radius 2 is 1.79 bits per heavy atom. The van der Waals surface area contributed by atoms with Gasteiger partial charge in [0.2, 0.25) is 0 Å². The molecule has 7 nitrogen and oxygen atoms in total. The molecule has 0 bridgehead atoms. The van der Waals surface area contributed by atoms with Gasteiger partial charge in [0, 0.05) is 50.5 Å².